The van der Waals surface area contributed by atoms with Gasteiger partial charge < -0.3 is 14.8 Å². The number of methoxy groups -OCH3 is 1. The molecular weight excluding hydrogens is 466 g/mol. The maximum atomic E-state index is 11.4. The van der Waals surface area contributed by atoms with Crippen LogP contribution in [0.4, 0.5) is 0 Å². The van der Waals surface area contributed by atoms with Gasteiger partial charge in [-0.1, -0.05) is 48.5 Å². The Kier molecular flexibility index (Phi) is 7.25. The van der Waals surface area contributed by atoms with E-state index in [4.69, 9.17) is 9.94 Å². The van der Waals surface area contributed by atoms with Crippen molar-refractivity contribution in [2.75, 3.05) is 13.7 Å². The van der Waals surface area contributed by atoms with Crippen LogP contribution < -0.4 is 10.2 Å². The number of hydrogen-bond donors (Lipinski definition) is 4. The highest BCUT2D eigenvalue weighted by Crippen LogP contribution is 2.39. The van der Waals surface area contributed by atoms with E-state index in [1.807, 2.05) is 24.3 Å². The van der Waals surface area contributed by atoms with E-state index in [0.717, 1.165) is 42.5 Å². The van der Waals surface area contributed by atoms with E-state index in [-0.39, 0.29) is 11.8 Å². The summed E-state index contributed by atoms with van der Waals surface area (Å²) in [6, 6.07) is 20.4. The van der Waals surface area contributed by atoms with Crippen LogP contribution in [0.1, 0.15) is 40.3 Å². The van der Waals surface area contributed by atoms with Gasteiger partial charge in [0, 0.05) is 47.9 Å². The van der Waals surface area contributed by atoms with Crippen LogP contribution in [0.25, 0.3) is 17.0 Å². The molecule has 1 amide bonds. The molecule has 1 aliphatic rings. The van der Waals surface area contributed by atoms with Crippen molar-refractivity contribution in [1.82, 2.24) is 15.4 Å². The Hall–Kier alpha value is -4.07. The summed E-state index contributed by atoms with van der Waals surface area (Å²) in [4.78, 5) is 17.2. The zero-order valence-electron chi connectivity index (χ0n) is 20.8. The van der Waals surface area contributed by atoms with Crippen LogP contribution >= 0.6 is 0 Å². The molecule has 0 fully saturated rings. The normalized spacial score (nSPS) is 14.9. The Labute approximate surface area is 216 Å². The summed E-state index contributed by atoms with van der Waals surface area (Å²) in [5, 5.41) is 20.8. The lowest BCUT2D eigenvalue weighted by Gasteiger charge is -2.30. The van der Waals surface area contributed by atoms with Gasteiger partial charge in [-0.15, -0.1) is 0 Å². The zero-order valence-corrected chi connectivity index (χ0v) is 20.8. The Bertz CT molecular complexity index is 1440. The number of carbonyl (C=O) groups is 1. The molecule has 3 aromatic carbocycles. The van der Waals surface area contributed by atoms with Crippen LogP contribution in [0.15, 0.2) is 72.9 Å². The summed E-state index contributed by atoms with van der Waals surface area (Å²) in [6.45, 7) is 1.41. The van der Waals surface area contributed by atoms with Crippen LogP contribution in [0.3, 0.4) is 0 Å². The predicted molar refractivity (Wildman–Crippen MR) is 144 cm³/mol. The van der Waals surface area contributed by atoms with Gasteiger partial charge in [0.15, 0.2) is 11.5 Å². The first kappa shape index (κ1) is 24.6. The number of amides is 1. The molecule has 0 radical (unpaired) electrons. The molecule has 37 heavy (non-hydrogen) atoms. The largest absolute Gasteiger partial charge is 0.504 e. The molecule has 4 N–H and O–H groups in total. The summed E-state index contributed by atoms with van der Waals surface area (Å²) in [5.74, 6) is 0.104. The Balaban J connectivity index is 1.43. The second-order valence-electron chi connectivity index (χ2n) is 9.37. The fourth-order valence-corrected chi connectivity index (χ4v) is 5.33. The number of H-pyrrole nitrogens is 1. The average Bonchev–Trinajstić information content (AvgIpc) is 3.54. The predicted octanol–water partition coefficient (Wildman–Crippen LogP) is 5.13. The van der Waals surface area contributed by atoms with Gasteiger partial charge >= 0.3 is 0 Å². The maximum Gasteiger partial charge on any atom is 0.267 e. The molecule has 0 saturated heterocycles. The van der Waals surface area contributed by atoms with Crippen molar-refractivity contribution in [3.63, 3.8) is 0 Å². The first-order valence-corrected chi connectivity index (χ1v) is 12.5. The first-order valence-electron chi connectivity index (χ1n) is 12.5. The van der Waals surface area contributed by atoms with E-state index in [9.17, 15) is 9.90 Å². The van der Waals surface area contributed by atoms with E-state index in [0.29, 0.717) is 12.3 Å². The third-order valence-corrected chi connectivity index (χ3v) is 7.21. The lowest BCUT2D eigenvalue weighted by atomic mass is 10.0. The number of phenolic OH excluding ortho intramolecular Hbond substituents is 1. The SMILES string of the molecule is COc1cccc(CN(CCc2c[nH]c3ccccc23)C2CCc3cc(C=CC(=O)NO)ccc32)c1O. The molecule has 4 aromatic rings. The number of para-hydroxylation sites is 2. The molecule has 0 spiro atoms. The fourth-order valence-electron chi connectivity index (χ4n) is 5.33. The molecule has 1 aliphatic carbocycles. The number of hydroxylamine groups is 1. The Morgan fingerprint density at radius 3 is 2.86 bits per heavy atom. The smallest absolute Gasteiger partial charge is 0.267 e. The minimum atomic E-state index is -0.556. The van der Waals surface area contributed by atoms with Crippen molar-refractivity contribution in [2.24, 2.45) is 0 Å². The van der Waals surface area contributed by atoms with Gasteiger partial charge in [-0.25, -0.2) is 5.48 Å². The molecule has 0 saturated carbocycles. The summed E-state index contributed by atoms with van der Waals surface area (Å²) >= 11 is 0. The highest BCUT2D eigenvalue weighted by molar-refractivity contribution is 5.90. The molecule has 1 atom stereocenters. The van der Waals surface area contributed by atoms with Gasteiger partial charge in [-0.2, -0.15) is 0 Å². The molecule has 1 aromatic heterocycles. The number of carbonyl (C=O) groups excluding carboxylic acids is 1. The van der Waals surface area contributed by atoms with E-state index in [1.54, 1.807) is 24.7 Å². The molecule has 0 bridgehead atoms. The van der Waals surface area contributed by atoms with Crippen LogP contribution in [-0.2, 0) is 24.2 Å². The quantitative estimate of drug-likeness (QED) is 0.146. The van der Waals surface area contributed by atoms with E-state index >= 15 is 0 Å². The van der Waals surface area contributed by atoms with Crippen molar-refractivity contribution < 1.29 is 19.8 Å². The number of hydrogen-bond acceptors (Lipinski definition) is 5. The van der Waals surface area contributed by atoms with Crippen molar-refractivity contribution in [1.29, 1.82) is 0 Å². The van der Waals surface area contributed by atoms with Gasteiger partial charge in [-0.3, -0.25) is 14.9 Å². The molecule has 190 valence electrons. The monoisotopic (exact) mass is 497 g/mol. The third-order valence-electron chi connectivity index (χ3n) is 7.21. The Morgan fingerprint density at radius 1 is 1.16 bits per heavy atom. The first-order chi connectivity index (χ1) is 18.1. The molecular formula is C30H31N3O4. The summed E-state index contributed by atoms with van der Waals surface area (Å²) < 4.78 is 5.35. The Morgan fingerprint density at radius 2 is 2.03 bits per heavy atom. The van der Waals surface area contributed by atoms with E-state index in [1.165, 1.54) is 28.2 Å². The highest BCUT2D eigenvalue weighted by Gasteiger charge is 2.29. The average molecular weight is 498 g/mol. The van der Waals surface area contributed by atoms with Gasteiger partial charge in [0.25, 0.3) is 5.91 Å². The van der Waals surface area contributed by atoms with Crippen LogP contribution in [0.5, 0.6) is 11.5 Å². The van der Waals surface area contributed by atoms with Crippen molar-refractivity contribution in [3.8, 4) is 11.5 Å². The highest BCUT2D eigenvalue weighted by atomic mass is 16.5. The number of rotatable bonds is 9. The van der Waals surface area contributed by atoms with Gasteiger partial charge in [-0.05, 0) is 59.7 Å². The van der Waals surface area contributed by atoms with Crippen LogP contribution in [0.2, 0.25) is 0 Å². The number of aryl methyl sites for hydroxylation is 1. The van der Waals surface area contributed by atoms with Crippen LogP contribution in [-0.4, -0.2) is 39.8 Å². The summed E-state index contributed by atoms with van der Waals surface area (Å²) in [7, 11) is 1.57. The summed E-state index contributed by atoms with van der Waals surface area (Å²) in [6.07, 6.45) is 7.88. The standard InChI is InChI=1S/C30H31N3O4/c1-37-28-8-4-5-23(30(28)35)19-33(16-15-22-18-31-26-7-3-2-6-24(22)26)27-13-11-21-17-20(9-12-25(21)27)10-14-29(34)32-36/h2-10,12,14,17-18,27,31,35-36H,11,13,15-16,19H2,1H3,(H,32,34). The number of phenols is 1. The number of benzene rings is 3. The summed E-state index contributed by atoms with van der Waals surface area (Å²) in [5.41, 5.74) is 8.30. The minimum absolute atomic E-state index is 0.183. The second kappa shape index (κ2) is 10.9. The number of nitrogens with one attached hydrogen (secondary N) is 2. The number of aromatic amines is 1. The number of fused-ring (bicyclic) bond motifs is 2. The number of ether oxygens (including phenoxy) is 1. The fraction of sp³-hybridized carbons (Fsp3) is 0.233. The second-order valence-corrected chi connectivity index (χ2v) is 9.37. The molecule has 1 unspecified atom stereocenters. The van der Waals surface area contributed by atoms with Crippen molar-refractivity contribution >= 4 is 22.9 Å². The number of nitrogens with zero attached hydrogens (tertiary/aromatic N) is 1. The van der Waals surface area contributed by atoms with Gasteiger partial charge in [0.1, 0.15) is 0 Å². The minimum Gasteiger partial charge on any atom is -0.504 e. The molecule has 7 heteroatoms. The van der Waals surface area contributed by atoms with E-state index in [2.05, 4.69) is 46.4 Å². The lowest BCUT2D eigenvalue weighted by Crippen LogP contribution is -2.29. The van der Waals surface area contributed by atoms with Crippen molar-refractivity contribution in [3.05, 3.63) is 101 Å². The number of aromatic hydroxyl groups is 1. The molecule has 5 rings (SSSR count). The third kappa shape index (κ3) is 5.23. The topological polar surface area (TPSA) is 97.8 Å². The number of aromatic nitrogens is 1. The lowest BCUT2D eigenvalue weighted by molar-refractivity contribution is -0.124. The van der Waals surface area contributed by atoms with Gasteiger partial charge in [0.05, 0.1) is 7.11 Å². The molecule has 7 nitrogen and oxygen atoms in total. The maximum absolute atomic E-state index is 11.4. The van der Waals surface area contributed by atoms with Crippen LogP contribution in [0, 0.1) is 0 Å². The van der Waals surface area contributed by atoms with E-state index < -0.39 is 5.91 Å². The molecule has 1 heterocycles. The zero-order chi connectivity index (χ0) is 25.8. The van der Waals surface area contributed by atoms with Crippen molar-refractivity contribution in [2.45, 2.75) is 31.8 Å². The van der Waals surface area contributed by atoms with Gasteiger partial charge in [0.2, 0.25) is 0 Å². The molecule has 0 aliphatic heterocycles.